The summed E-state index contributed by atoms with van der Waals surface area (Å²) in [6.07, 6.45) is 3.63. The highest BCUT2D eigenvalue weighted by atomic mass is 15.4. The standard InChI is InChI=1S/C12H23N5/c1-9-7-16(12(2,3)4)8-10(13)11(9)17-6-5-14-15-17/h5-6,9-11H,7-8,13H2,1-4H3/t9-,10+,11+/m0/s1. The topological polar surface area (TPSA) is 60.0 Å². The zero-order valence-corrected chi connectivity index (χ0v) is 11.2. The van der Waals surface area contributed by atoms with Gasteiger partial charge in [0.1, 0.15) is 0 Å². The lowest BCUT2D eigenvalue weighted by Gasteiger charge is -2.46. The van der Waals surface area contributed by atoms with Crippen molar-refractivity contribution in [1.29, 1.82) is 0 Å². The van der Waals surface area contributed by atoms with E-state index in [4.69, 9.17) is 5.73 Å². The molecule has 0 spiro atoms. The van der Waals surface area contributed by atoms with Crippen LogP contribution in [-0.4, -0.2) is 44.6 Å². The molecule has 2 rings (SSSR count). The van der Waals surface area contributed by atoms with E-state index in [0.717, 1.165) is 13.1 Å². The fraction of sp³-hybridized carbons (Fsp3) is 0.833. The molecular weight excluding hydrogens is 214 g/mol. The minimum absolute atomic E-state index is 0.111. The minimum Gasteiger partial charge on any atom is -0.325 e. The number of likely N-dealkylation sites (tertiary alicyclic amines) is 1. The van der Waals surface area contributed by atoms with Gasteiger partial charge >= 0.3 is 0 Å². The van der Waals surface area contributed by atoms with E-state index < -0.39 is 0 Å². The second-order valence-electron chi connectivity index (χ2n) is 6.09. The van der Waals surface area contributed by atoms with Crippen LogP contribution in [0.25, 0.3) is 0 Å². The molecule has 1 saturated heterocycles. The second kappa shape index (κ2) is 4.38. The van der Waals surface area contributed by atoms with Crippen molar-refractivity contribution in [2.45, 2.75) is 45.3 Å². The Morgan fingerprint density at radius 2 is 2.00 bits per heavy atom. The van der Waals surface area contributed by atoms with E-state index in [0.29, 0.717) is 5.92 Å². The van der Waals surface area contributed by atoms with Crippen molar-refractivity contribution in [3.63, 3.8) is 0 Å². The molecule has 5 nitrogen and oxygen atoms in total. The lowest BCUT2D eigenvalue weighted by atomic mass is 9.87. The fourth-order valence-electron chi connectivity index (χ4n) is 2.70. The van der Waals surface area contributed by atoms with E-state index >= 15 is 0 Å². The van der Waals surface area contributed by atoms with Crippen LogP contribution in [0.4, 0.5) is 0 Å². The predicted octanol–water partition coefficient (Wildman–Crippen LogP) is 0.897. The number of nitrogens with zero attached hydrogens (tertiary/aromatic N) is 4. The molecule has 1 aromatic rings. The van der Waals surface area contributed by atoms with Crippen LogP contribution in [0.1, 0.15) is 33.7 Å². The summed E-state index contributed by atoms with van der Waals surface area (Å²) >= 11 is 0. The van der Waals surface area contributed by atoms with E-state index in [2.05, 4.69) is 42.9 Å². The maximum absolute atomic E-state index is 6.32. The van der Waals surface area contributed by atoms with Gasteiger partial charge in [0.05, 0.1) is 12.2 Å². The van der Waals surface area contributed by atoms with E-state index in [1.165, 1.54) is 0 Å². The molecule has 0 bridgehead atoms. The van der Waals surface area contributed by atoms with Gasteiger partial charge in [-0.25, -0.2) is 4.68 Å². The van der Waals surface area contributed by atoms with Crippen LogP contribution < -0.4 is 5.73 Å². The SMILES string of the molecule is C[C@H]1CN(C(C)(C)C)C[C@@H](N)[C@@H]1n1ccnn1. The zero-order valence-electron chi connectivity index (χ0n) is 11.2. The first-order valence-electron chi connectivity index (χ1n) is 6.26. The molecule has 1 fully saturated rings. The van der Waals surface area contributed by atoms with Gasteiger partial charge in [-0.1, -0.05) is 12.1 Å². The summed E-state index contributed by atoms with van der Waals surface area (Å²) in [7, 11) is 0. The first kappa shape index (κ1) is 12.5. The smallest absolute Gasteiger partial charge is 0.0737 e. The molecule has 5 heteroatoms. The summed E-state index contributed by atoms with van der Waals surface area (Å²) in [6.45, 7) is 10.9. The second-order valence-corrected chi connectivity index (χ2v) is 6.09. The number of nitrogens with two attached hydrogens (primary N) is 1. The number of rotatable bonds is 1. The normalized spacial score (nSPS) is 31.7. The molecule has 0 radical (unpaired) electrons. The van der Waals surface area contributed by atoms with Gasteiger partial charge in [0.2, 0.25) is 0 Å². The summed E-state index contributed by atoms with van der Waals surface area (Å²) in [5.41, 5.74) is 6.50. The Bertz CT molecular complexity index is 341. The number of hydrogen-bond acceptors (Lipinski definition) is 4. The Labute approximate surface area is 103 Å². The van der Waals surface area contributed by atoms with E-state index in [9.17, 15) is 0 Å². The van der Waals surface area contributed by atoms with Gasteiger partial charge in [-0.2, -0.15) is 0 Å². The average Bonchev–Trinajstić information content (AvgIpc) is 2.68. The van der Waals surface area contributed by atoms with Crippen LogP contribution in [0, 0.1) is 5.92 Å². The van der Waals surface area contributed by atoms with Crippen LogP contribution in [0.2, 0.25) is 0 Å². The molecule has 1 aliphatic rings. The van der Waals surface area contributed by atoms with E-state index in [-0.39, 0.29) is 17.6 Å². The maximum atomic E-state index is 6.32. The van der Waals surface area contributed by atoms with Crippen LogP contribution in [0.5, 0.6) is 0 Å². The Kier molecular flexibility index (Phi) is 3.23. The first-order chi connectivity index (χ1) is 7.89. The van der Waals surface area contributed by atoms with Crippen molar-refractivity contribution in [3.8, 4) is 0 Å². The van der Waals surface area contributed by atoms with Crippen LogP contribution in [-0.2, 0) is 0 Å². The molecule has 1 aromatic heterocycles. The van der Waals surface area contributed by atoms with Gasteiger partial charge in [0.15, 0.2) is 0 Å². The molecule has 96 valence electrons. The van der Waals surface area contributed by atoms with Gasteiger partial charge in [0.25, 0.3) is 0 Å². The molecule has 0 amide bonds. The fourth-order valence-corrected chi connectivity index (χ4v) is 2.70. The molecule has 0 aliphatic carbocycles. The van der Waals surface area contributed by atoms with Gasteiger partial charge in [-0.05, 0) is 26.7 Å². The monoisotopic (exact) mass is 237 g/mol. The number of aromatic nitrogens is 3. The quantitative estimate of drug-likeness (QED) is 0.788. The summed E-state index contributed by atoms with van der Waals surface area (Å²) in [5, 5.41) is 7.97. The average molecular weight is 237 g/mol. The molecule has 17 heavy (non-hydrogen) atoms. The highest BCUT2D eigenvalue weighted by Crippen LogP contribution is 2.30. The predicted molar refractivity (Wildman–Crippen MR) is 67.5 cm³/mol. The van der Waals surface area contributed by atoms with Crippen molar-refractivity contribution in [1.82, 2.24) is 19.9 Å². The number of hydrogen-bond donors (Lipinski definition) is 1. The highest BCUT2D eigenvalue weighted by molar-refractivity contribution is 4.94. The molecule has 0 saturated carbocycles. The van der Waals surface area contributed by atoms with Gasteiger partial charge < -0.3 is 5.73 Å². The van der Waals surface area contributed by atoms with Gasteiger partial charge in [0, 0.05) is 30.9 Å². The largest absolute Gasteiger partial charge is 0.325 e. The van der Waals surface area contributed by atoms with E-state index in [1.54, 1.807) is 6.20 Å². The zero-order chi connectivity index (χ0) is 12.6. The Morgan fingerprint density at radius 1 is 1.29 bits per heavy atom. The van der Waals surface area contributed by atoms with Crippen LogP contribution in [0.15, 0.2) is 12.4 Å². The summed E-state index contributed by atoms with van der Waals surface area (Å²) in [4.78, 5) is 2.45. The van der Waals surface area contributed by atoms with E-state index in [1.807, 2.05) is 10.9 Å². The lowest BCUT2D eigenvalue weighted by Crippen LogP contribution is -2.58. The Hall–Kier alpha value is -0.940. The van der Waals surface area contributed by atoms with Gasteiger partial charge in [-0.3, -0.25) is 4.90 Å². The first-order valence-corrected chi connectivity index (χ1v) is 6.26. The lowest BCUT2D eigenvalue weighted by molar-refractivity contribution is 0.0387. The van der Waals surface area contributed by atoms with Crippen molar-refractivity contribution in [2.75, 3.05) is 13.1 Å². The molecule has 2 heterocycles. The highest BCUT2D eigenvalue weighted by Gasteiger charge is 2.37. The third-order valence-electron chi connectivity index (χ3n) is 3.66. The summed E-state index contributed by atoms with van der Waals surface area (Å²) in [5.74, 6) is 0.486. The molecule has 0 aromatic carbocycles. The molecule has 2 N–H and O–H groups in total. The van der Waals surface area contributed by atoms with Crippen LogP contribution >= 0.6 is 0 Å². The third kappa shape index (κ3) is 2.50. The van der Waals surface area contributed by atoms with Crippen molar-refractivity contribution >= 4 is 0 Å². The summed E-state index contributed by atoms with van der Waals surface area (Å²) < 4.78 is 1.91. The van der Waals surface area contributed by atoms with Crippen molar-refractivity contribution in [3.05, 3.63) is 12.4 Å². The molecular formula is C12H23N5. The summed E-state index contributed by atoms with van der Waals surface area (Å²) in [6, 6.07) is 0.371. The molecule has 1 aliphatic heterocycles. The third-order valence-corrected chi connectivity index (χ3v) is 3.66. The van der Waals surface area contributed by atoms with Gasteiger partial charge in [-0.15, -0.1) is 5.10 Å². The minimum atomic E-state index is 0.111. The van der Waals surface area contributed by atoms with Crippen molar-refractivity contribution < 1.29 is 0 Å². The number of piperidine rings is 1. The maximum Gasteiger partial charge on any atom is 0.0737 e. The Balaban J connectivity index is 2.14. The molecule has 3 atom stereocenters. The van der Waals surface area contributed by atoms with Crippen LogP contribution in [0.3, 0.4) is 0 Å². The Morgan fingerprint density at radius 3 is 2.47 bits per heavy atom. The van der Waals surface area contributed by atoms with Crippen molar-refractivity contribution in [2.24, 2.45) is 11.7 Å². The molecule has 0 unspecified atom stereocenters.